The lowest BCUT2D eigenvalue weighted by molar-refractivity contribution is -0.145. The van der Waals surface area contributed by atoms with Crippen molar-refractivity contribution in [3.8, 4) is 11.1 Å². The molecule has 2 atom stereocenters. The topological polar surface area (TPSA) is 110 Å². The highest BCUT2D eigenvalue weighted by Crippen LogP contribution is 2.44. The zero-order chi connectivity index (χ0) is 28.2. The van der Waals surface area contributed by atoms with E-state index in [1.54, 1.807) is 0 Å². The number of hydrogen-bond donors (Lipinski definition) is 3. The molecule has 3 N–H and O–H groups in total. The van der Waals surface area contributed by atoms with Crippen LogP contribution in [0.3, 0.4) is 0 Å². The molecule has 0 unspecified atom stereocenters. The number of para-hydroxylation sites is 1. The molecule has 0 radical (unpaired) electrons. The van der Waals surface area contributed by atoms with E-state index >= 15 is 0 Å². The predicted molar refractivity (Wildman–Crippen MR) is 153 cm³/mol. The molecule has 1 aliphatic rings. The van der Waals surface area contributed by atoms with Crippen LogP contribution in [0.25, 0.3) is 22.0 Å². The molecule has 4 aromatic rings. The number of esters is 1. The summed E-state index contributed by atoms with van der Waals surface area (Å²) in [6.07, 6.45) is 1.36. The fourth-order valence-corrected chi connectivity index (χ4v) is 5.42. The zero-order valence-corrected chi connectivity index (χ0v) is 22.8. The minimum absolute atomic E-state index is 0.0932. The van der Waals surface area contributed by atoms with Gasteiger partial charge in [0.1, 0.15) is 18.7 Å². The molecular formula is C32H33N3O5. The molecule has 0 aliphatic heterocycles. The number of aromatic nitrogens is 1. The third-order valence-corrected chi connectivity index (χ3v) is 7.47. The number of alkyl carbamates (subject to hydrolysis) is 1. The lowest BCUT2D eigenvalue weighted by atomic mass is 9.98. The maximum absolute atomic E-state index is 13.3. The van der Waals surface area contributed by atoms with Gasteiger partial charge in [-0.25, -0.2) is 9.59 Å². The first-order valence-corrected chi connectivity index (χ1v) is 13.4. The lowest BCUT2D eigenvalue weighted by Gasteiger charge is -2.24. The van der Waals surface area contributed by atoms with Gasteiger partial charge in [0.05, 0.1) is 7.11 Å². The van der Waals surface area contributed by atoms with Crippen LogP contribution in [0.1, 0.15) is 36.5 Å². The van der Waals surface area contributed by atoms with E-state index in [4.69, 9.17) is 9.47 Å². The Bertz CT molecular complexity index is 1500. The van der Waals surface area contributed by atoms with E-state index in [1.807, 2.05) is 80.7 Å². The summed E-state index contributed by atoms with van der Waals surface area (Å²) in [5, 5.41) is 6.45. The summed E-state index contributed by atoms with van der Waals surface area (Å²) in [7, 11) is 1.28. The van der Waals surface area contributed by atoms with Gasteiger partial charge in [-0.05, 0) is 39.8 Å². The first kappa shape index (κ1) is 27.0. The van der Waals surface area contributed by atoms with Crippen LogP contribution in [-0.2, 0) is 25.5 Å². The molecule has 0 saturated carbocycles. The Morgan fingerprint density at radius 2 is 1.50 bits per heavy atom. The number of benzene rings is 3. The number of aromatic amines is 1. The number of hydrogen-bond acceptors (Lipinski definition) is 5. The van der Waals surface area contributed by atoms with Crippen molar-refractivity contribution in [2.45, 2.75) is 38.3 Å². The fourth-order valence-electron chi connectivity index (χ4n) is 5.42. The first-order valence-electron chi connectivity index (χ1n) is 13.4. The molecule has 0 fully saturated rings. The standard InChI is InChI=1S/C32H33N3O5/c1-19(2)29(30(36)34-28(31(37)39-3)16-20-17-33-27-15-9-8-10-21(20)27)35-32(38)40-18-26-24-13-6-4-11-22(24)23-12-5-7-14-25(23)26/h4-15,17,19,26,28-29,33H,16,18H2,1-3H3,(H,34,36)(H,35,38)/t28-,29-/m0/s1. The number of carbonyl (C=O) groups is 3. The molecule has 40 heavy (non-hydrogen) atoms. The number of rotatable bonds is 9. The van der Waals surface area contributed by atoms with Crippen molar-refractivity contribution in [2.24, 2.45) is 5.92 Å². The molecule has 0 bridgehead atoms. The van der Waals surface area contributed by atoms with E-state index in [0.717, 1.165) is 38.7 Å². The maximum atomic E-state index is 13.3. The zero-order valence-electron chi connectivity index (χ0n) is 22.8. The minimum atomic E-state index is -0.928. The first-order chi connectivity index (χ1) is 19.4. The van der Waals surface area contributed by atoms with Gasteiger partial charge in [-0.15, -0.1) is 0 Å². The summed E-state index contributed by atoms with van der Waals surface area (Å²) in [4.78, 5) is 42.0. The third-order valence-electron chi connectivity index (χ3n) is 7.47. The van der Waals surface area contributed by atoms with Crippen molar-refractivity contribution in [3.63, 3.8) is 0 Å². The molecule has 1 heterocycles. The molecule has 8 nitrogen and oxygen atoms in total. The summed E-state index contributed by atoms with van der Waals surface area (Å²) in [5.74, 6) is -1.41. The summed E-state index contributed by atoms with van der Waals surface area (Å²) in [5.41, 5.74) is 6.29. The molecule has 0 spiro atoms. The van der Waals surface area contributed by atoms with E-state index < -0.39 is 30.1 Å². The normalized spacial score (nSPS) is 13.8. The average molecular weight is 540 g/mol. The van der Waals surface area contributed by atoms with Gasteiger partial charge in [0.15, 0.2) is 0 Å². The number of ether oxygens (including phenoxy) is 2. The van der Waals surface area contributed by atoms with Crippen LogP contribution in [0.4, 0.5) is 4.79 Å². The van der Waals surface area contributed by atoms with Gasteiger partial charge in [0, 0.05) is 29.4 Å². The fraction of sp³-hybridized carbons (Fsp3) is 0.281. The molecule has 5 rings (SSSR count). The highest BCUT2D eigenvalue weighted by molar-refractivity contribution is 5.91. The summed E-state index contributed by atoms with van der Waals surface area (Å²) in [6, 6.07) is 22.1. The van der Waals surface area contributed by atoms with E-state index in [2.05, 4.69) is 27.8 Å². The van der Waals surface area contributed by atoms with Crippen LogP contribution >= 0.6 is 0 Å². The molecule has 2 amide bonds. The highest BCUT2D eigenvalue weighted by Gasteiger charge is 2.32. The van der Waals surface area contributed by atoms with Crippen LogP contribution in [0.5, 0.6) is 0 Å². The van der Waals surface area contributed by atoms with E-state index in [-0.39, 0.29) is 24.9 Å². The van der Waals surface area contributed by atoms with Crippen molar-refractivity contribution < 1.29 is 23.9 Å². The molecule has 1 aliphatic carbocycles. The number of fused-ring (bicyclic) bond motifs is 4. The third kappa shape index (κ3) is 5.43. The Morgan fingerprint density at radius 1 is 0.875 bits per heavy atom. The number of H-pyrrole nitrogens is 1. The Balaban J connectivity index is 1.25. The van der Waals surface area contributed by atoms with E-state index in [0.29, 0.717) is 0 Å². The summed E-state index contributed by atoms with van der Waals surface area (Å²) < 4.78 is 10.6. The van der Waals surface area contributed by atoms with Crippen molar-refractivity contribution in [1.29, 1.82) is 0 Å². The Kier molecular flexibility index (Phi) is 7.86. The minimum Gasteiger partial charge on any atom is -0.467 e. The highest BCUT2D eigenvalue weighted by atomic mass is 16.5. The molecule has 3 aromatic carbocycles. The molecule has 0 saturated heterocycles. The van der Waals surface area contributed by atoms with Gasteiger partial charge in [-0.2, -0.15) is 0 Å². The number of amides is 2. The monoisotopic (exact) mass is 539 g/mol. The van der Waals surface area contributed by atoms with E-state index in [9.17, 15) is 14.4 Å². The van der Waals surface area contributed by atoms with Crippen molar-refractivity contribution in [2.75, 3.05) is 13.7 Å². The van der Waals surface area contributed by atoms with Crippen LogP contribution < -0.4 is 10.6 Å². The van der Waals surface area contributed by atoms with Crippen LogP contribution in [-0.4, -0.2) is 48.8 Å². The quantitative estimate of drug-likeness (QED) is 0.261. The molecule has 8 heteroatoms. The van der Waals surface area contributed by atoms with Crippen molar-refractivity contribution in [3.05, 3.63) is 95.7 Å². The van der Waals surface area contributed by atoms with Gasteiger partial charge in [0.2, 0.25) is 5.91 Å². The van der Waals surface area contributed by atoms with Gasteiger partial charge in [-0.1, -0.05) is 80.6 Å². The van der Waals surface area contributed by atoms with Crippen molar-refractivity contribution in [1.82, 2.24) is 15.6 Å². The van der Waals surface area contributed by atoms with Crippen LogP contribution in [0.2, 0.25) is 0 Å². The number of carbonyl (C=O) groups excluding carboxylic acids is 3. The number of methoxy groups -OCH3 is 1. The van der Waals surface area contributed by atoms with Crippen molar-refractivity contribution >= 4 is 28.9 Å². The van der Waals surface area contributed by atoms with E-state index in [1.165, 1.54) is 7.11 Å². The predicted octanol–water partition coefficient (Wildman–Crippen LogP) is 4.93. The molecule has 206 valence electrons. The van der Waals surface area contributed by atoms with Crippen LogP contribution in [0, 0.1) is 5.92 Å². The Labute approximate surface area is 233 Å². The second-order valence-electron chi connectivity index (χ2n) is 10.3. The lowest BCUT2D eigenvalue weighted by Crippen LogP contribution is -2.54. The van der Waals surface area contributed by atoms with Gasteiger partial charge < -0.3 is 25.1 Å². The molecule has 1 aromatic heterocycles. The number of nitrogens with one attached hydrogen (secondary N) is 3. The Morgan fingerprint density at radius 3 is 2.15 bits per heavy atom. The van der Waals surface area contributed by atoms with Gasteiger partial charge in [0.25, 0.3) is 0 Å². The second kappa shape index (κ2) is 11.7. The largest absolute Gasteiger partial charge is 0.467 e. The summed E-state index contributed by atoms with van der Waals surface area (Å²) in [6.45, 7) is 3.78. The molecular weight excluding hydrogens is 506 g/mol. The SMILES string of the molecule is COC(=O)[C@H](Cc1c[nH]c2ccccc12)NC(=O)[C@@H](NC(=O)OCC1c2ccccc2-c2ccccc21)C(C)C. The smallest absolute Gasteiger partial charge is 0.407 e. The van der Waals surface area contributed by atoms with Gasteiger partial charge in [-0.3, -0.25) is 4.79 Å². The maximum Gasteiger partial charge on any atom is 0.407 e. The average Bonchev–Trinajstić information content (AvgIpc) is 3.52. The summed E-state index contributed by atoms with van der Waals surface area (Å²) >= 11 is 0. The van der Waals surface area contributed by atoms with Crippen LogP contribution in [0.15, 0.2) is 79.0 Å². The van der Waals surface area contributed by atoms with Gasteiger partial charge >= 0.3 is 12.1 Å². The Hall–Kier alpha value is -4.59. The second-order valence-corrected chi connectivity index (χ2v) is 10.3.